The van der Waals surface area contributed by atoms with Crippen LogP contribution < -0.4 is 10.2 Å². The zero-order valence-electron chi connectivity index (χ0n) is 11.5. The first-order valence-electron chi connectivity index (χ1n) is 6.27. The van der Waals surface area contributed by atoms with Gasteiger partial charge in [-0.2, -0.15) is 0 Å². The van der Waals surface area contributed by atoms with E-state index in [0.717, 1.165) is 16.8 Å². The second kappa shape index (κ2) is 6.40. The van der Waals surface area contributed by atoms with Crippen molar-refractivity contribution < 1.29 is 9.84 Å². The lowest BCUT2D eigenvalue weighted by Crippen LogP contribution is -2.50. The number of morpholine rings is 1. The summed E-state index contributed by atoms with van der Waals surface area (Å²) in [5, 5.41) is 13.0. The van der Waals surface area contributed by atoms with Crippen molar-refractivity contribution in [3.63, 3.8) is 0 Å². The highest BCUT2D eigenvalue weighted by atomic mass is 32.2. The molecule has 2 rings (SSSR count). The maximum Gasteiger partial charge on any atom is 0.191 e. The van der Waals surface area contributed by atoms with Crippen LogP contribution in [0.3, 0.4) is 0 Å². The largest absolute Gasteiger partial charge is 0.394 e. The minimum Gasteiger partial charge on any atom is -0.394 e. The van der Waals surface area contributed by atoms with Crippen LogP contribution in [0.2, 0.25) is 0 Å². The third-order valence-corrected chi connectivity index (χ3v) is 3.68. The van der Waals surface area contributed by atoms with Crippen LogP contribution in [0.15, 0.2) is 11.2 Å². The minimum absolute atomic E-state index is 0.0303. The Morgan fingerprint density at radius 1 is 1.58 bits per heavy atom. The van der Waals surface area contributed by atoms with E-state index in [1.165, 1.54) is 11.8 Å². The first-order valence-corrected chi connectivity index (χ1v) is 7.50. The standard InChI is InChI=1S/C12H20N4O2S/c1-8-7-18-9(6-17)5-16(8)11-4-10(13-2)14-12(15-11)19-3/h4,8-9,17H,5-7H2,1-3H3,(H,13,14,15). The Morgan fingerprint density at radius 2 is 2.37 bits per heavy atom. The lowest BCUT2D eigenvalue weighted by atomic mass is 10.2. The number of hydrogen-bond donors (Lipinski definition) is 2. The predicted molar refractivity (Wildman–Crippen MR) is 77.0 cm³/mol. The maximum atomic E-state index is 9.24. The number of aromatic nitrogens is 2. The Balaban J connectivity index is 2.27. The zero-order valence-corrected chi connectivity index (χ0v) is 12.3. The molecule has 1 fully saturated rings. The fourth-order valence-corrected chi connectivity index (χ4v) is 2.40. The van der Waals surface area contributed by atoms with E-state index in [9.17, 15) is 5.11 Å². The first-order chi connectivity index (χ1) is 9.17. The van der Waals surface area contributed by atoms with Crippen molar-refractivity contribution in [2.45, 2.75) is 24.2 Å². The molecule has 19 heavy (non-hydrogen) atoms. The van der Waals surface area contributed by atoms with Crippen molar-refractivity contribution in [1.29, 1.82) is 0 Å². The second-order valence-corrected chi connectivity index (χ2v) is 5.26. The van der Waals surface area contributed by atoms with Crippen LogP contribution in [0.5, 0.6) is 0 Å². The minimum atomic E-state index is -0.151. The highest BCUT2D eigenvalue weighted by Crippen LogP contribution is 2.24. The molecule has 1 aliphatic rings. The van der Waals surface area contributed by atoms with Crippen LogP contribution in [-0.4, -0.2) is 60.3 Å². The number of nitrogens with one attached hydrogen (secondary N) is 1. The van der Waals surface area contributed by atoms with E-state index in [1.807, 2.05) is 19.4 Å². The van der Waals surface area contributed by atoms with E-state index < -0.39 is 0 Å². The third kappa shape index (κ3) is 3.29. The Morgan fingerprint density at radius 3 is 3.00 bits per heavy atom. The molecule has 2 heterocycles. The molecule has 1 aromatic heterocycles. The van der Waals surface area contributed by atoms with Gasteiger partial charge in [-0.3, -0.25) is 0 Å². The molecule has 0 aromatic carbocycles. The molecular formula is C12H20N4O2S. The summed E-state index contributed by atoms with van der Waals surface area (Å²) in [5.74, 6) is 1.67. The molecule has 106 valence electrons. The van der Waals surface area contributed by atoms with Crippen LogP contribution in [-0.2, 0) is 4.74 Å². The molecule has 0 aliphatic carbocycles. The fourth-order valence-electron chi connectivity index (χ4n) is 2.03. The van der Waals surface area contributed by atoms with Gasteiger partial charge in [0.25, 0.3) is 0 Å². The molecule has 0 saturated carbocycles. The summed E-state index contributed by atoms with van der Waals surface area (Å²) < 4.78 is 5.55. The summed E-state index contributed by atoms with van der Waals surface area (Å²) in [6, 6.07) is 2.16. The van der Waals surface area contributed by atoms with Crippen LogP contribution in [0.1, 0.15) is 6.92 Å². The van der Waals surface area contributed by atoms with Gasteiger partial charge in [0.05, 0.1) is 25.4 Å². The van der Waals surface area contributed by atoms with Crippen molar-refractivity contribution in [1.82, 2.24) is 9.97 Å². The Labute approximate surface area is 117 Å². The second-order valence-electron chi connectivity index (χ2n) is 4.49. The van der Waals surface area contributed by atoms with Crippen LogP contribution in [0.4, 0.5) is 11.6 Å². The molecule has 1 aliphatic heterocycles. The Hall–Kier alpha value is -1.05. The van der Waals surface area contributed by atoms with E-state index in [-0.39, 0.29) is 18.8 Å². The van der Waals surface area contributed by atoms with E-state index in [4.69, 9.17) is 4.74 Å². The van der Waals surface area contributed by atoms with Crippen LogP contribution in [0.25, 0.3) is 0 Å². The predicted octanol–water partition coefficient (Wildman–Crippen LogP) is 0.826. The van der Waals surface area contributed by atoms with Gasteiger partial charge < -0.3 is 20.1 Å². The maximum absolute atomic E-state index is 9.24. The number of nitrogens with zero attached hydrogens (tertiary/aromatic N) is 3. The van der Waals surface area contributed by atoms with E-state index in [2.05, 4.69) is 27.1 Å². The number of aliphatic hydroxyl groups excluding tert-OH is 1. The van der Waals surface area contributed by atoms with E-state index >= 15 is 0 Å². The molecule has 2 N–H and O–H groups in total. The topological polar surface area (TPSA) is 70.5 Å². The summed E-state index contributed by atoms with van der Waals surface area (Å²) in [6.07, 6.45) is 1.81. The van der Waals surface area contributed by atoms with Crippen molar-refractivity contribution in [3.8, 4) is 0 Å². The SMILES string of the molecule is CNc1cc(N2CC(CO)OCC2C)nc(SC)n1. The normalized spacial score (nSPS) is 23.5. The van der Waals surface area contributed by atoms with Gasteiger partial charge in [0.1, 0.15) is 11.6 Å². The number of thioether (sulfide) groups is 1. The lowest BCUT2D eigenvalue weighted by Gasteiger charge is -2.38. The van der Waals surface area contributed by atoms with Crippen LogP contribution >= 0.6 is 11.8 Å². The summed E-state index contributed by atoms with van der Waals surface area (Å²) in [7, 11) is 1.84. The van der Waals surface area contributed by atoms with Crippen molar-refractivity contribution >= 4 is 23.4 Å². The average Bonchev–Trinajstić information content (AvgIpc) is 2.47. The molecule has 1 aromatic rings. The number of anilines is 2. The molecule has 7 heteroatoms. The molecule has 6 nitrogen and oxygen atoms in total. The van der Waals surface area contributed by atoms with Gasteiger partial charge >= 0.3 is 0 Å². The summed E-state index contributed by atoms with van der Waals surface area (Å²) in [4.78, 5) is 11.1. The van der Waals surface area contributed by atoms with E-state index in [0.29, 0.717) is 13.2 Å². The quantitative estimate of drug-likeness (QED) is 0.626. The summed E-state index contributed by atoms with van der Waals surface area (Å²) >= 11 is 1.51. The van der Waals surface area contributed by atoms with Crippen molar-refractivity contribution in [2.75, 3.05) is 43.3 Å². The Kier molecular flexibility index (Phi) is 4.84. The summed E-state index contributed by atoms with van der Waals surface area (Å²) in [6.45, 7) is 3.36. The monoisotopic (exact) mass is 284 g/mol. The number of rotatable bonds is 4. The van der Waals surface area contributed by atoms with Crippen LogP contribution in [0, 0.1) is 0 Å². The number of hydrogen-bond acceptors (Lipinski definition) is 7. The molecule has 0 radical (unpaired) electrons. The fraction of sp³-hybridized carbons (Fsp3) is 0.667. The number of aliphatic hydroxyl groups is 1. The van der Waals surface area contributed by atoms with Gasteiger partial charge in [0, 0.05) is 19.7 Å². The smallest absolute Gasteiger partial charge is 0.191 e. The molecule has 0 amide bonds. The van der Waals surface area contributed by atoms with Gasteiger partial charge in [-0.1, -0.05) is 11.8 Å². The van der Waals surface area contributed by atoms with E-state index in [1.54, 1.807) is 0 Å². The summed E-state index contributed by atoms with van der Waals surface area (Å²) in [5.41, 5.74) is 0. The average molecular weight is 284 g/mol. The highest BCUT2D eigenvalue weighted by molar-refractivity contribution is 7.98. The zero-order chi connectivity index (χ0) is 13.8. The highest BCUT2D eigenvalue weighted by Gasteiger charge is 2.27. The molecule has 1 saturated heterocycles. The molecule has 0 bridgehead atoms. The molecule has 2 atom stereocenters. The lowest BCUT2D eigenvalue weighted by molar-refractivity contribution is -0.0106. The molecular weight excluding hydrogens is 264 g/mol. The molecule has 2 unspecified atom stereocenters. The molecule has 0 spiro atoms. The van der Waals surface area contributed by atoms with Crippen molar-refractivity contribution in [3.05, 3.63) is 6.07 Å². The van der Waals surface area contributed by atoms with Gasteiger partial charge in [-0.15, -0.1) is 0 Å². The van der Waals surface area contributed by atoms with Gasteiger partial charge in [-0.25, -0.2) is 9.97 Å². The Bertz CT molecular complexity index is 410. The van der Waals surface area contributed by atoms with Gasteiger partial charge in [0.2, 0.25) is 0 Å². The van der Waals surface area contributed by atoms with Gasteiger partial charge in [-0.05, 0) is 13.2 Å². The number of ether oxygens (including phenoxy) is 1. The van der Waals surface area contributed by atoms with Crippen molar-refractivity contribution in [2.24, 2.45) is 0 Å². The first kappa shape index (κ1) is 14.4. The third-order valence-electron chi connectivity index (χ3n) is 3.13. The van der Waals surface area contributed by atoms with Gasteiger partial charge in [0.15, 0.2) is 5.16 Å².